The van der Waals surface area contributed by atoms with E-state index in [0.717, 1.165) is 24.1 Å². The minimum Gasteiger partial charge on any atom is -0.494 e. The van der Waals surface area contributed by atoms with Gasteiger partial charge < -0.3 is 15.4 Å². The maximum Gasteiger partial charge on any atom is 0.251 e. The number of aryl methyl sites for hydroxylation is 1. The lowest BCUT2D eigenvalue weighted by molar-refractivity contribution is -0.113. The molecular formula is C31H34N6O5S2. The Morgan fingerprint density at radius 1 is 0.977 bits per heavy atom. The fourth-order valence-electron chi connectivity index (χ4n) is 4.79. The number of amides is 2. The van der Waals surface area contributed by atoms with E-state index in [0.29, 0.717) is 47.7 Å². The first-order chi connectivity index (χ1) is 21.2. The van der Waals surface area contributed by atoms with Crippen molar-refractivity contribution in [1.29, 1.82) is 0 Å². The summed E-state index contributed by atoms with van der Waals surface area (Å²) in [4.78, 5) is 25.9. The molecule has 0 bridgehead atoms. The van der Waals surface area contributed by atoms with E-state index >= 15 is 0 Å². The summed E-state index contributed by atoms with van der Waals surface area (Å²) >= 11 is 1.23. The third kappa shape index (κ3) is 7.47. The summed E-state index contributed by atoms with van der Waals surface area (Å²) in [5.41, 5.74) is 2.81. The molecule has 2 heterocycles. The highest BCUT2D eigenvalue weighted by Crippen LogP contribution is 2.25. The average molecular weight is 635 g/mol. The summed E-state index contributed by atoms with van der Waals surface area (Å²) in [6.07, 6.45) is 1.70. The first kappa shape index (κ1) is 31.2. The van der Waals surface area contributed by atoms with Gasteiger partial charge in [-0.15, -0.1) is 10.2 Å². The van der Waals surface area contributed by atoms with E-state index in [1.807, 2.05) is 62.4 Å². The smallest absolute Gasteiger partial charge is 0.251 e. The zero-order valence-electron chi connectivity index (χ0n) is 24.5. The second-order valence-corrected chi connectivity index (χ2v) is 13.1. The Hall–Kier alpha value is -4.20. The van der Waals surface area contributed by atoms with E-state index in [9.17, 15) is 18.0 Å². The number of thioether (sulfide) groups is 1. The van der Waals surface area contributed by atoms with Gasteiger partial charge in [0, 0.05) is 30.0 Å². The second kappa shape index (κ2) is 14.1. The fraction of sp³-hybridized carbons (Fsp3) is 0.290. The minimum atomic E-state index is -3.57. The standard InChI is InChI=1S/C31H34N6O5S2/c1-3-42-26-13-11-25(12-14-26)37-28(34-35-31(37)43-21-29(38)33-24-8-6-7-22(2)19-24)20-32-30(39)23-9-15-27(16-10-23)44(40,41)36-17-4-5-18-36/h6-16,19H,3-5,17-18,20-21H2,1-2H3,(H,32,39)(H,33,38). The molecule has 2 N–H and O–H groups in total. The van der Waals surface area contributed by atoms with Crippen molar-refractivity contribution in [3.8, 4) is 11.4 Å². The first-order valence-corrected chi connectivity index (χ1v) is 16.7. The van der Waals surface area contributed by atoms with Crippen LogP contribution in [0.15, 0.2) is 82.8 Å². The van der Waals surface area contributed by atoms with Crippen molar-refractivity contribution in [2.24, 2.45) is 0 Å². The number of aromatic nitrogens is 3. The predicted octanol–water partition coefficient (Wildman–Crippen LogP) is 4.42. The van der Waals surface area contributed by atoms with E-state index in [2.05, 4.69) is 20.8 Å². The number of benzene rings is 3. The van der Waals surface area contributed by atoms with Gasteiger partial charge in [-0.2, -0.15) is 4.31 Å². The Bertz CT molecular complexity index is 1720. The van der Waals surface area contributed by atoms with Crippen LogP contribution >= 0.6 is 11.8 Å². The molecule has 11 nitrogen and oxygen atoms in total. The number of nitrogens with zero attached hydrogens (tertiary/aromatic N) is 4. The third-order valence-corrected chi connectivity index (χ3v) is 9.81. The van der Waals surface area contributed by atoms with Crippen LogP contribution in [0.1, 0.15) is 41.5 Å². The molecule has 0 atom stereocenters. The van der Waals surface area contributed by atoms with Crippen LogP contribution in [0.3, 0.4) is 0 Å². The largest absolute Gasteiger partial charge is 0.494 e. The monoisotopic (exact) mass is 634 g/mol. The van der Waals surface area contributed by atoms with Crippen LogP contribution in [0.4, 0.5) is 5.69 Å². The van der Waals surface area contributed by atoms with E-state index in [1.54, 1.807) is 4.57 Å². The average Bonchev–Trinajstić information content (AvgIpc) is 3.71. The van der Waals surface area contributed by atoms with Crippen LogP contribution in [0.25, 0.3) is 5.69 Å². The Morgan fingerprint density at radius 3 is 2.39 bits per heavy atom. The van der Waals surface area contributed by atoms with Gasteiger partial charge in [0.15, 0.2) is 11.0 Å². The lowest BCUT2D eigenvalue weighted by Gasteiger charge is -2.15. The molecule has 13 heteroatoms. The number of rotatable bonds is 12. The van der Waals surface area contributed by atoms with Crippen LogP contribution in [0.2, 0.25) is 0 Å². The Labute approximate surface area is 261 Å². The molecule has 230 valence electrons. The van der Waals surface area contributed by atoms with Crippen molar-refractivity contribution in [2.45, 2.75) is 43.3 Å². The maximum absolute atomic E-state index is 13.0. The lowest BCUT2D eigenvalue weighted by Crippen LogP contribution is -2.28. The van der Waals surface area contributed by atoms with Gasteiger partial charge in [0.25, 0.3) is 5.91 Å². The van der Waals surface area contributed by atoms with Crippen molar-refractivity contribution >= 4 is 39.3 Å². The molecule has 3 aromatic carbocycles. The molecule has 1 aliphatic heterocycles. The van der Waals surface area contributed by atoms with Crippen LogP contribution in [0.5, 0.6) is 5.75 Å². The summed E-state index contributed by atoms with van der Waals surface area (Å²) in [6.45, 7) is 5.47. The lowest BCUT2D eigenvalue weighted by atomic mass is 10.2. The topological polar surface area (TPSA) is 136 Å². The van der Waals surface area contributed by atoms with Gasteiger partial charge in [0.1, 0.15) is 5.75 Å². The molecule has 0 unspecified atom stereocenters. The van der Waals surface area contributed by atoms with Gasteiger partial charge in [0.2, 0.25) is 15.9 Å². The number of ether oxygens (including phenoxy) is 1. The Kier molecular flexibility index (Phi) is 9.98. The van der Waals surface area contributed by atoms with Crippen molar-refractivity contribution in [3.05, 3.63) is 89.7 Å². The zero-order valence-corrected chi connectivity index (χ0v) is 26.2. The molecule has 0 saturated carbocycles. The number of nitrogens with one attached hydrogen (secondary N) is 2. The summed E-state index contributed by atoms with van der Waals surface area (Å²) in [5, 5.41) is 14.9. The molecule has 0 spiro atoms. The highest BCUT2D eigenvalue weighted by molar-refractivity contribution is 7.99. The molecule has 1 aromatic heterocycles. The van der Waals surface area contributed by atoms with E-state index in [-0.39, 0.29) is 29.0 Å². The molecule has 1 aliphatic rings. The summed E-state index contributed by atoms with van der Waals surface area (Å²) in [6, 6.07) is 20.9. The molecule has 0 radical (unpaired) electrons. The molecule has 5 rings (SSSR count). The Balaban J connectivity index is 1.29. The van der Waals surface area contributed by atoms with E-state index < -0.39 is 10.0 Å². The number of hydrogen-bond donors (Lipinski definition) is 2. The van der Waals surface area contributed by atoms with Crippen molar-refractivity contribution < 1.29 is 22.7 Å². The third-order valence-electron chi connectivity index (χ3n) is 6.97. The second-order valence-electron chi connectivity index (χ2n) is 10.2. The Morgan fingerprint density at radius 2 is 1.70 bits per heavy atom. The van der Waals surface area contributed by atoms with Gasteiger partial charge in [0.05, 0.1) is 23.8 Å². The molecule has 4 aromatic rings. The number of carbonyl (C=O) groups excluding carboxylic acids is 2. The van der Waals surface area contributed by atoms with Gasteiger partial charge >= 0.3 is 0 Å². The highest BCUT2D eigenvalue weighted by Gasteiger charge is 2.27. The van der Waals surface area contributed by atoms with Crippen molar-refractivity contribution in [2.75, 3.05) is 30.8 Å². The molecule has 0 aliphatic carbocycles. The van der Waals surface area contributed by atoms with Gasteiger partial charge in [-0.25, -0.2) is 8.42 Å². The van der Waals surface area contributed by atoms with Crippen molar-refractivity contribution in [1.82, 2.24) is 24.4 Å². The first-order valence-electron chi connectivity index (χ1n) is 14.3. The quantitative estimate of drug-likeness (QED) is 0.219. The molecule has 2 amide bonds. The van der Waals surface area contributed by atoms with Crippen LogP contribution in [-0.4, -0.2) is 64.8 Å². The number of hydrogen-bond acceptors (Lipinski definition) is 8. The summed E-state index contributed by atoms with van der Waals surface area (Å²) < 4.78 is 34.5. The van der Waals surface area contributed by atoms with E-state index in [1.165, 1.54) is 40.3 Å². The maximum atomic E-state index is 13.0. The molecule has 1 saturated heterocycles. The fourth-order valence-corrected chi connectivity index (χ4v) is 7.08. The predicted molar refractivity (Wildman–Crippen MR) is 169 cm³/mol. The van der Waals surface area contributed by atoms with E-state index in [4.69, 9.17) is 4.74 Å². The molecule has 44 heavy (non-hydrogen) atoms. The number of carbonyl (C=O) groups is 2. The zero-order chi connectivity index (χ0) is 31.1. The highest BCUT2D eigenvalue weighted by atomic mass is 32.2. The van der Waals surface area contributed by atoms with Crippen LogP contribution in [0, 0.1) is 6.92 Å². The van der Waals surface area contributed by atoms with Gasteiger partial charge in [-0.05, 0) is 92.9 Å². The summed E-state index contributed by atoms with van der Waals surface area (Å²) in [5.74, 6) is 0.690. The number of anilines is 1. The van der Waals surface area contributed by atoms with Crippen LogP contribution < -0.4 is 15.4 Å². The molecule has 1 fully saturated rings. The SMILES string of the molecule is CCOc1ccc(-n2c(CNC(=O)c3ccc(S(=O)(=O)N4CCCC4)cc3)nnc2SCC(=O)Nc2cccc(C)c2)cc1. The normalized spacial score (nSPS) is 13.5. The summed E-state index contributed by atoms with van der Waals surface area (Å²) in [7, 11) is -3.57. The minimum absolute atomic E-state index is 0.0446. The molecular weight excluding hydrogens is 601 g/mol. The van der Waals surface area contributed by atoms with Crippen LogP contribution in [-0.2, 0) is 21.4 Å². The van der Waals surface area contributed by atoms with Gasteiger partial charge in [-0.3, -0.25) is 14.2 Å². The number of sulfonamides is 1. The van der Waals surface area contributed by atoms with Crippen molar-refractivity contribution in [3.63, 3.8) is 0 Å². The van der Waals surface area contributed by atoms with Gasteiger partial charge in [-0.1, -0.05) is 23.9 Å².